The molecule has 0 bridgehead atoms. The van der Waals surface area contributed by atoms with Crippen LogP contribution >= 0.6 is 23.4 Å². The van der Waals surface area contributed by atoms with Gasteiger partial charge in [0.1, 0.15) is 0 Å². The minimum Gasteiger partial charge on any atom is -0.310 e. The first-order valence-electron chi connectivity index (χ1n) is 7.77. The van der Waals surface area contributed by atoms with Gasteiger partial charge in [-0.25, -0.2) is 0 Å². The van der Waals surface area contributed by atoms with E-state index in [1.165, 1.54) is 11.3 Å². The third-order valence-corrected chi connectivity index (χ3v) is 5.01. The van der Waals surface area contributed by atoms with Gasteiger partial charge in [-0.05, 0) is 57.8 Å². The maximum Gasteiger partial charge on any atom is 0.0453 e. The normalized spacial score (nSPS) is 14.4. The molecule has 1 aromatic rings. The predicted octanol–water partition coefficient (Wildman–Crippen LogP) is 4.45. The van der Waals surface area contributed by atoms with Gasteiger partial charge in [0.05, 0.1) is 0 Å². The van der Waals surface area contributed by atoms with Crippen LogP contribution < -0.4 is 5.32 Å². The number of thioether (sulfide) groups is 1. The lowest BCUT2D eigenvalue weighted by molar-refractivity contribution is 0.260. The summed E-state index contributed by atoms with van der Waals surface area (Å²) in [6.07, 6.45) is 4.39. The topological polar surface area (TPSA) is 15.3 Å². The molecule has 0 aliphatic carbocycles. The molecule has 0 heterocycles. The summed E-state index contributed by atoms with van der Waals surface area (Å²) in [5.41, 5.74) is 1.22. The molecule has 0 aliphatic heterocycles. The van der Waals surface area contributed by atoms with Crippen LogP contribution in [0.25, 0.3) is 0 Å². The number of nitrogens with zero attached hydrogens (tertiary/aromatic N) is 1. The second-order valence-corrected chi connectivity index (χ2v) is 6.92. The summed E-state index contributed by atoms with van der Waals surface area (Å²) in [4.78, 5) is 2.44. The van der Waals surface area contributed by atoms with E-state index in [-0.39, 0.29) is 0 Å². The fourth-order valence-electron chi connectivity index (χ4n) is 2.37. The highest BCUT2D eigenvalue weighted by molar-refractivity contribution is 7.98. The number of rotatable bonds is 10. The Morgan fingerprint density at radius 3 is 2.67 bits per heavy atom. The number of halogens is 1. The van der Waals surface area contributed by atoms with Crippen molar-refractivity contribution < 1.29 is 0 Å². The monoisotopic (exact) mass is 328 g/mol. The quantitative estimate of drug-likeness (QED) is 0.683. The molecule has 0 saturated carbocycles. The summed E-state index contributed by atoms with van der Waals surface area (Å²) in [6, 6.07) is 9.14. The van der Waals surface area contributed by atoms with Crippen molar-refractivity contribution in [3.8, 4) is 0 Å². The lowest BCUT2D eigenvalue weighted by Crippen LogP contribution is -2.34. The van der Waals surface area contributed by atoms with Gasteiger partial charge in [-0.15, -0.1) is 0 Å². The van der Waals surface area contributed by atoms with Gasteiger partial charge in [0, 0.05) is 22.9 Å². The van der Waals surface area contributed by atoms with E-state index in [1.54, 1.807) is 0 Å². The molecule has 1 rings (SSSR count). The highest BCUT2D eigenvalue weighted by Crippen LogP contribution is 2.25. The van der Waals surface area contributed by atoms with Crippen molar-refractivity contribution in [3.63, 3.8) is 0 Å². The first kappa shape index (κ1) is 18.8. The van der Waals surface area contributed by atoms with E-state index in [9.17, 15) is 0 Å². The van der Waals surface area contributed by atoms with Crippen molar-refractivity contribution in [1.82, 2.24) is 10.2 Å². The molecule has 120 valence electrons. The van der Waals surface area contributed by atoms with Crippen LogP contribution in [0.5, 0.6) is 0 Å². The molecule has 0 radical (unpaired) electrons. The molecule has 2 unspecified atom stereocenters. The number of benzene rings is 1. The maximum atomic E-state index is 6.37. The molecule has 2 atom stereocenters. The minimum atomic E-state index is 0.336. The van der Waals surface area contributed by atoms with Gasteiger partial charge in [-0.3, -0.25) is 0 Å². The molecule has 21 heavy (non-hydrogen) atoms. The molecule has 0 spiro atoms. The number of hydrogen-bond acceptors (Lipinski definition) is 3. The molecule has 1 N–H and O–H groups in total. The van der Waals surface area contributed by atoms with Gasteiger partial charge in [-0.2, -0.15) is 11.8 Å². The molecular weight excluding hydrogens is 300 g/mol. The van der Waals surface area contributed by atoms with Gasteiger partial charge in [0.25, 0.3) is 0 Å². The van der Waals surface area contributed by atoms with Crippen LogP contribution in [0.15, 0.2) is 24.3 Å². The molecular formula is C17H29ClN2S. The minimum absolute atomic E-state index is 0.336. The first-order valence-corrected chi connectivity index (χ1v) is 9.54. The summed E-state index contributed by atoms with van der Waals surface area (Å²) >= 11 is 8.28. The van der Waals surface area contributed by atoms with E-state index in [1.807, 2.05) is 23.9 Å². The highest BCUT2D eigenvalue weighted by Gasteiger charge is 2.16. The molecule has 0 saturated heterocycles. The maximum absolute atomic E-state index is 6.37. The van der Waals surface area contributed by atoms with Gasteiger partial charge >= 0.3 is 0 Å². The van der Waals surface area contributed by atoms with Crippen LogP contribution in [0.1, 0.15) is 38.3 Å². The van der Waals surface area contributed by atoms with E-state index >= 15 is 0 Å². The van der Waals surface area contributed by atoms with E-state index < -0.39 is 0 Å². The Morgan fingerprint density at radius 1 is 1.33 bits per heavy atom. The summed E-state index contributed by atoms with van der Waals surface area (Å²) in [6.45, 7) is 6.60. The molecule has 2 nitrogen and oxygen atoms in total. The Hall–Kier alpha value is -0.220. The van der Waals surface area contributed by atoms with Crippen LogP contribution in [-0.2, 0) is 0 Å². The second-order valence-electron chi connectivity index (χ2n) is 5.60. The third kappa shape index (κ3) is 6.60. The van der Waals surface area contributed by atoms with E-state index in [0.717, 1.165) is 31.0 Å². The van der Waals surface area contributed by atoms with Crippen molar-refractivity contribution in [2.45, 2.75) is 38.8 Å². The summed E-state index contributed by atoms with van der Waals surface area (Å²) in [5.74, 6) is 1.18. The first-order chi connectivity index (χ1) is 10.1. The Kier molecular flexibility index (Phi) is 9.41. The van der Waals surface area contributed by atoms with Crippen LogP contribution in [0.4, 0.5) is 0 Å². The van der Waals surface area contributed by atoms with E-state index in [4.69, 9.17) is 11.6 Å². The van der Waals surface area contributed by atoms with Crippen molar-refractivity contribution >= 4 is 23.4 Å². The van der Waals surface area contributed by atoms with Crippen molar-refractivity contribution in [2.75, 3.05) is 32.1 Å². The largest absolute Gasteiger partial charge is 0.310 e. The zero-order valence-electron chi connectivity index (χ0n) is 13.7. The summed E-state index contributed by atoms with van der Waals surface area (Å²) < 4.78 is 0. The Balaban J connectivity index is 2.64. The lowest BCUT2D eigenvalue weighted by Gasteiger charge is -2.27. The average molecular weight is 329 g/mol. The Bertz CT molecular complexity index is 400. The fourth-order valence-corrected chi connectivity index (χ4v) is 3.37. The van der Waals surface area contributed by atoms with Crippen molar-refractivity contribution in [3.05, 3.63) is 34.9 Å². The SMILES string of the molecule is CCCNC(CCN(C)C(C)CSC)c1ccccc1Cl. The third-order valence-electron chi connectivity index (χ3n) is 3.85. The number of hydrogen-bond donors (Lipinski definition) is 1. The Labute approximate surface area is 139 Å². The zero-order valence-corrected chi connectivity index (χ0v) is 15.3. The van der Waals surface area contributed by atoms with Crippen molar-refractivity contribution in [1.29, 1.82) is 0 Å². The van der Waals surface area contributed by atoms with Crippen LogP contribution in [-0.4, -0.2) is 43.1 Å². The zero-order chi connectivity index (χ0) is 15.7. The van der Waals surface area contributed by atoms with Crippen LogP contribution in [0.3, 0.4) is 0 Å². The smallest absolute Gasteiger partial charge is 0.0453 e. The highest BCUT2D eigenvalue weighted by atomic mass is 35.5. The molecule has 1 aromatic carbocycles. The molecule has 0 fully saturated rings. The molecule has 0 amide bonds. The molecule has 0 aliphatic rings. The summed E-state index contributed by atoms with van der Waals surface area (Å²) in [5, 5.41) is 4.50. The fraction of sp³-hybridized carbons (Fsp3) is 0.647. The second kappa shape index (κ2) is 10.5. The molecule has 0 aromatic heterocycles. The Morgan fingerprint density at radius 2 is 2.05 bits per heavy atom. The van der Waals surface area contributed by atoms with E-state index in [2.05, 4.69) is 49.5 Å². The van der Waals surface area contributed by atoms with Crippen LogP contribution in [0.2, 0.25) is 5.02 Å². The summed E-state index contributed by atoms with van der Waals surface area (Å²) in [7, 11) is 2.21. The van der Waals surface area contributed by atoms with Crippen molar-refractivity contribution in [2.24, 2.45) is 0 Å². The standard InChI is InChI=1S/C17H29ClN2S/c1-5-11-19-17(15-8-6-7-9-16(15)18)10-12-20(3)14(2)13-21-4/h6-9,14,17,19H,5,10-13H2,1-4H3. The predicted molar refractivity (Wildman–Crippen MR) is 97.6 cm³/mol. The number of nitrogens with one attached hydrogen (secondary N) is 1. The lowest BCUT2D eigenvalue weighted by atomic mass is 10.0. The van der Waals surface area contributed by atoms with Gasteiger partial charge in [0.15, 0.2) is 0 Å². The van der Waals surface area contributed by atoms with Gasteiger partial charge < -0.3 is 10.2 Å². The van der Waals surface area contributed by atoms with Crippen LogP contribution in [0, 0.1) is 0 Å². The van der Waals surface area contributed by atoms with E-state index in [0.29, 0.717) is 12.1 Å². The van der Waals surface area contributed by atoms with Gasteiger partial charge in [0.2, 0.25) is 0 Å². The average Bonchev–Trinajstić information content (AvgIpc) is 2.48. The van der Waals surface area contributed by atoms with Gasteiger partial charge in [-0.1, -0.05) is 36.7 Å². The molecule has 4 heteroatoms.